The number of carbonyl (C=O) groups is 2. The Bertz CT molecular complexity index is 1270. The number of hydrogen-bond donors (Lipinski definition) is 1. The predicted molar refractivity (Wildman–Crippen MR) is 128 cm³/mol. The molecule has 5 rings (SSSR count). The van der Waals surface area contributed by atoms with Crippen LogP contribution in [0, 0.1) is 6.92 Å². The summed E-state index contributed by atoms with van der Waals surface area (Å²) in [6, 6.07) is 4.43. The summed E-state index contributed by atoms with van der Waals surface area (Å²) in [7, 11) is 0. The number of rotatable bonds is 2. The highest BCUT2D eigenvalue weighted by Gasteiger charge is 2.39. The van der Waals surface area contributed by atoms with E-state index in [1.807, 2.05) is 13.1 Å². The highest BCUT2D eigenvalue weighted by molar-refractivity contribution is 6.32. The molecule has 3 aromatic rings. The minimum Gasteiger partial charge on any atom is -0.492 e. The number of carbonyl (C=O) groups excluding carboxylic acids is 2. The molecule has 0 saturated carbocycles. The van der Waals surface area contributed by atoms with Gasteiger partial charge in [-0.3, -0.25) is 14.3 Å². The van der Waals surface area contributed by atoms with Crippen LogP contribution in [-0.2, 0) is 24.3 Å². The van der Waals surface area contributed by atoms with Gasteiger partial charge in [0.25, 0.3) is 11.8 Å². The lowest BCUT2D eigenvalue weighted by Crippen LogP contribution is -2.44. The minimum absolute atomic E-state index is 0.196. The molecule has 2 aliphatic heterocycles. The van der Waals surface area contributed by atoms with Crippen molar-refractivity contribution in [2.75, 3.05) is 19.7 Å². The maximum absolute atomic E-state index is 13.3. The smallest absolute Gasteiger partial charge is 0.291 e. The molecule has 4 heterocycles. The van der Waals surface area contributed by atoms with E-state index in [9.17, 15) is 9.59 Å². The number of ether oxygens (including phenoxy) is 2. The summed E-state index contributed by atoms with van der Waals surface area (Å²) in [5.74, 6) is 0.544. The van der Waals surface area contributed by atoms with Crippen molar-refractivity contribution in [3.63, 3.8) is 0 Å². The number of likely N-dealkylation sites (tertiary alicyclic amines) is 1. The number of benzene rings is 1. The Morgan fingerprint density at radius 3 is 2.97 bits per heavy atom. The average Bonchev–Trinajstić information content (AvgIpc) is 3.59. The Kier molecular flexibility index (Phi) is 6.92. The Labute approximate surface area is 212 Å². The number of fused-ring (bicyclic) bond motifs is 5. The van der Waals surface area contributed by atoms with E-state index in [4.69, 9.17) is 25.5 Å². The van der Waals surface area contributed by atoms with E-state index in [0.29, 0.717) is 59.6 Å². The molecule has 2 aromatic heterocycles. The standard InChI is InChI=1S/C24H27ClN6O5/c1-3-21-26-14(2)22(36-21)24(33)30-11-18-20(12-30)35-13-16-10-31(29-28-16)7-4-8-34-19-9-15(23(32)27-18)5-6-17(19)25/h5-6,9-10,18,20H,3-4,7-8,11-13H2,1-2H3,(H,27,32)/t18-,20-/m0/s1. The molecule has 1 aromatic carbocycles. The molecule has 4 bridgehead atoms. The van der Waals surface area contributed by atoms with Gasteiger partial charge in [0.05, 0.1) is 42.3 Å². The molecule has 0 aliphatic carbocycles. The summed E-state index contributed by atoms with van der Waals surface area (Å²) in [4.78, 5) is 32.3. The fraction of sp³-hybridized carbons (Fsp3) is 0.458. The van der Waals surface area contributed by atoms with E-state index in [2.05, 4.69) is 20.6 Å². The zero-order valence-electron chi connectivity index (χ0n) is 20.1. The van der Waals surface area contributed by atoms with Gasteiger partial charge in [0.2, 0.25) is 5.76 Å². The van der Waals surface area contributed by atoms with Crippen LogP contribution in [0.3, 0.4) is 0 Å². The van der Waals surface area contributed by atoms with E-state index in [-0.39, 0.29) is 37.3 Å². The molecule has 12 heteroatoms. The van der Waals surface area contributed by atoms with E-state index in [1.54, 1.807) is 34.7 Å². The quantitative estimate of drug-likeness (QED) is 0.552. The number of nitrogens with one attached hydrogen (secondary N) is 1. The number of halogens is 1. The van der Waals surface area contributed by atoms with Gasteiger partial charge in [-0.1, -0.05) is 23.7 Å². The van der Waals surface area contributed by atoms with Crippen LogP contribution in [0.4, 0.5) is 0 Å². The maximum Gasteiger partial charge on any atom is 0.291 e. The minimum atomic E-state index is -0.465. The lowest BCUT2D eigenvalue weighted by atomic mass is 10.1. The normalized spacial score (nSPS) is 20.5. The molecule has 2 atom stereocenters. The summed E-state index contributed by atoms with van der Waals surface area (Å²) < 4.78 is 19.4. The first kappa shape index (κ1) is 24.3. The molecule has 1 N–H and O–H groups in total. The second kappa shape index (κ2) is 10.3. The van der Waals surface area contributed by atoms with Crippen LogP contribution < -0.4 is 10.1 Å². The molecule has 36 heavy (non-hydrogen) atoms. The number of nitrogens with zero attached hydrogens (tertiary/aromatic N) is 5. The largest absolute Gasteiger partial charge is 0.492 e. The Balaban J connectivity index is 1.40. The van der Waals surface area contributed by atoms with Crippen LogP contribution in [0.2, 0.25) is 5.02 Å². The molecule has 2 amide bonds. The molecule has 0 radical (unpaired) electrons. The van der Waals surface area contributed by atoms with Crippen LogP contribution in [0.5, 0.6) is 5.75 Å². The molecule has 190 valence electrons. The van der Waals surface area contributed by atoms with Crippen molar-refractivity contribution in [3.05, 3.63) is 58.0 Å². The van der Waals surface area contributed by atoms with Crippen LogP contribution in [0.1, 0.15) is 51.5 Å². The second-order valence-corrected chi connectivity index (χ2v) is 9.24. The van der Waals surface area contributed by atoms with Crippen molar-refractivity contribution in [2.45, 2.75) is 52.0 Å². The SMILES string of the molecule is CCc1nc(C)c(C(=O)N2C[C@@H]3NC(=O)c4ccc(Cl)c(c4)OCCCn4cc(nn4)CO[C@H]3C2)o1. The first-order chi connectivity index (χ1) is 17.4. The molecule has 1 saturated heterocycles. The monoisotopic (exact) mass is 514 g/mol. The Morgan fingerprint density at radius 2 is 2.17 bits per heavy atom. The van der Waals surface area contributed by atoms with Gasteiger partial charge in [-0.05, 0) is 25.1 Å². The van der Waals surface area contributed by atoms with Crippen LogP contribution >= 0.6 is 11.6 Å². The van der Waals surface area contributed by atoms with Crippen molar-refractivity contribution in [3.8, 4) is 5.75 Å². The highest BCUT2D eigenvalue weighted by Crippen LogP contribution is 2.27. The maximum atomic E-state index is 13.3. The summed E-state index contributed by atoms with van der Waals surface area (Å²) in [5, 5.41) is 11.7. The van der Waals surface area contributed by atoms with Crippen LogP contribution in [0.15, 0.2) is 28.8 Å². The Hall–Kier alpha value is -3.44. The first-order valence-electron chi connectivity index (χ1n) is 11.9. The number of aromatic nitrogens is 4. The number of oxazole rings is 1. The lowest BCUT2D eigenvalue weighted by Gasteiger charge is -2.20. The van der Waals surface area contributed by atoms with Crippen molar-refractivity contribution in [1.29, 1.82) is 0 Å². The summed E-state index contributed by atoms with van der Waals surface area (Å²) >= 11 is 6.28. The van der Waals surface area contributed by atoms with Crippen molar-refractivity contribution >= 4 is 23.4 Å². The topological polar surface area (TPSA) is 125 Å². The van der Waals surface area contributed by atoms with Gasteiger partial charge < -0.3 is 24.1 Å². The van der Waals surface area contributed by atoms with Crippen molar-refractivity contribution in [2.24, 2.45) is 0 Å². The van der Waals surface area contributed by atoms with Gasteiger partial charge in [-0.2, -0.15) is 0 Å². The summed E-state index contributed by atoms with van der Waals surface area (Å²) in [6.07, 6.45) is 2.62. The molecule has 1 fully saturated rings. The van der Waals surface area contributed by atoms with Crippen LogP contribution in [-0.4, -0.2) is 68.5 Å². The fourth-order valence-electron chi connectivity index (χ4n) is 4.31. The van der Waals surface area contributed by atoms with E-state index < -0.39 is 12.1 Å². The predicted octanol–water partition coefficient (Wildman–Crippen LogP) is 2.41. The second-order valence-electron chi connectivity index (χ2n) is 8.84. The zero-order chi connectivity index (χ0) is 25.2. The van der Waals surface area contributed by atoms with Gasteiger partial charge in [0.1, 0.15) is 11.4 Å². The molecular formula is C24H27ClN6O5. The van der Waals surface area contributed by atoms with Crippen molar-refractivity contribution in [1.82, 2.24) is 30.2 Å². The van der Waals surface area contributed by atoms with Gasteiger partial charge >= 0.3 is 0 Å². The summed E-state index contributed by atoms with van der Waals surface area (Å²) in [5.41, 5.74) is 1.60. The molecule has 0 unspecified atom stereocenters. The van der Waals surface area contributed by atoms with Gasteiger partial charge in [0.15, 0.2) is 5.89 Å². The number of aryl methyl sites for hydroxylation is 3. The Morgan fingerprint density at radius 1 is 1.31 bits per heavy atom. The third-order valence-corrected chi connectivity index (χ3v) is 6.53. The summed E-state index contributed by atoms with van der Waals surface area (Å²) in [6.45, 7) is 5.38. The zero-order valence-corrected chi connectivity index (χ0v) is 20.8. The molecular weight excluding hydrogens is 488 g/mol. The third-order valence-electron chi connectivity index (χ3n) is 6.22. The third kappa shape index (κ3) is 5.07. The fourth-order valence-corrected chi connectivity index (χ4v) is 4.49. The number of amides is 2. The molecule has 2 aliphatic rings. The van der Waals surface area contributed by atoms with E-state index in [0.717, 1.165) is 0 Å². The van der Waals surface area contributed by atoms with Gasteiger partial charge in [-0.15, -0.1) is 5.10 Å². The molecule has 0 spiro atoms. The number of hydrogen-bond acceptors (Lipinski definition) is 8. The van der Waals surface area contributed by atoms with Gasteiger partial charge in [-0.25, -0.2) is 4.98 Å². The van der Waals surface area contributed by atoms with E-state index in [1.165, 1.54) is 0 Å². The van der Waals surface area contributed by atoms with Crippen molar-refractivity contribution < 1.29 is 23.5 Å². The molecule has 11 nitrogen and oxygen atoms in total. The lowest BCUT2D eigenvalue weighted by molar-refractivity contribution is 0.0288. The first-order valence-corrected chi connectivity index (χ1v) is 12.3. The van der Waals surface area contributed by atoms with Gasteiger partial charge in [0, 0.05) is 38.0 Å². The van der Waals surface area contributed by atoms with E-state index >= 15 is 0 Å². The van der Waals surface area contributed by atoms with Crippen LogP contribution in [0.25, 0.3) is 0 Å². The highest BCUT2D eigenvalue weighted by atomic mass is 35.5. The average molecular weight is 515 g/mol.